The minimum absolute atomic E-state index is 0.0212. The van der Waals surface area contributed by atoms with Crippen LogP contribution in [0.3, 0.4) is 0 Å². The molecule has 0 fully saturated rings. The number of benzene rings is 2. The van der Waals surface area contributed by atoms with E-state index in [1.165, 1.54) is 4.68 Å². The molecule has 3 rings (SSSR count). The third-order valence-electron chi connectivity index (χ3n) is 4.34. The van der Waals surface area contributed by atoms with Crippen molar-refractivity contribution >= 4 is 28.3 Å². The van der Waals surface area contributed by atoms with Crippen LogP contribution in [-0.4, -0.2) is 28.3 Å². The fourth-order valence-electron chi connectivity index (χ4n) is 3.19. The summed E-state index contributed by atoms with van der Waals surface area (Å²) in [6.07, 6.45) is 0.693. The Kier molecular flexibility index (Phi) is 6.07. The molecule has 2 aromatic carbocycles. The molecule has 0 aliphatic carbocycles. The summed E-state index contributed by atoms with van der Waals surface area (Å²) in [6, 6.07) is 12.4. The first kappa shape index (κ1) is 20.3. The lowest BCUT2D eigenvalue weighted by atomic mass is 10.1. The number of hydrogen-bond donors (Lipinski definition) is 1. The first-order valence-electron chi connectivity index (χ1n) is 9.44. The molecule has 0 saturated carbocycles. The fraction of sp³-hybridized carbons (Fsp3) is 0.273. The number of fused-ring (bicyclic) bond motifs is 1. The Morgan fingerprint density at radius 1 is 1.07 bits per heavy atom. The standard InChI is InChI=1S/C22H23N3O4/c1-4-9-25-21(27)18-8-6-5-7-17(18)20(24-25)22(28)29-13-19(26)23-16-11-14(2)10-15(3)12-16/h5-8,10-12H,4,9,13H2,1-3H3,(H,23,26). The number of amides is 1. The summed E-state index contributed by atoms with van der Waals surface area (Å²) in [7, 11) is 0. The summed E-state index contributed by atoms with van der Waals surface area (Å²) in [5.74, 6) is -1.20. The minimum Gasteiger partial charge on any atom is -0.451 e. The fourth-order valence-corrected chi connectivity index (χ4v) is 3.19. The number of hydrogen-bond acceptors (Lipinski definition) is 5. The second-order valence-corrected chi connectivity index (χ2v) is 6.92. The number of anilines is 1. The highest BCUT2D eigenvalue weighted by atomic mass is 16.5. The molecule has 0 aliphatic rings. The van der Waals surface area contributed by atoms with Gasteiger partial charge in [-0.05, 0) is 49.6 Å². The molecule has 1 heterocycles. The molecular formula is C22H23N3O4. The maximum atomic E-state index is 12.6. The van der Waals surface area contributed by atoms with Gasteiger partial charge >= 0.3 is 5.97 Å². The van der Waals surface area contributed by atoms with Crippen LogP contribution in [0.1, 0.15) is 35.0 Å². The summed E-state index contributed by atoms with van der Waals surface area (Å²) in [5.41, 5.74) is 2.44. The highest BCUT2D eigenvalue weighted by Gasteiger charge is 2.19. The zero-order valence-electron chi connectivity index (χ0n) is 16.7. The summed E-state index contributed by atoms with van der Waals surface area (Å²) in [6.45, 7) is 5.72. The van der Waals surface area contributed by atoms with E-state index >= 15 is 0 Å². The van der Waals surface area contributed by atoms with E-state index in [1.54, 1.807) is 24.3 Å². The molecule has 0 aliphatic heterocycles. The molecule has 7 nitrogen and oxygen atoms in total. The predicted molar refractivity (Wildman–Crippen MR) is 111 cm³/mol. The first-order valence-corrected chi connectivity index (χ1v) is 9.44. The highest BCUT2D eigenvalue weighted by molar-refractivity contribution is 6.03. The Balaban J connectivity index is 1.78. The molecule has 0 radical (unpaired) electrons. The van der Waals surface area contributed by atoms with Crippen molar-refractivity contribution in [3.05, 3.63) is 69.6 Å². The van der Waals surface area contributed by atoms with Crippen LogP contribution in [0.4, 0.5) is 5.69 Å². The van der Waals surface area contributed by atoms with Gasteiger partial charge in [0.25, 0.3) is 11.5 Å². The van der Waals surface area contributed by atoms with Crippen LogP contribution in [0.2, 0.25) is 0 Å². The van der Waals surface area contributed by atoms with E-state index in [0.717, 1.165) is 11.1 Å². The Hall–Kier alpha value is -3.48. The van der Waals surface area contributed by atoms with Gasteiger partial charge in [-0.15, -0.1) is 0 Å². The van der Waals surface area contributed by atoms with Crippen molar-refractivity contribution in [2.24, 2.45) is 0 Å². The van der Waals surface area contributed by atoms with E-state index in [0.29, 0.717) is 29.4 Å². The zero-order valence-corrected chi connectivity index (χ0v) is 16.7. The molecule has 1 amide bonds. The number of nitrogens with zero attached hydrogens (tertiary/aromatic N) is 2. The molecular weight excluding hydrogens is 370 g/mol. The van der Waals surface area contributed by atoms with Gasteiger partial charge in [-0.1, -0.05) is 31.2 Å². The van der Waals surface area contributed by atoms with E-state index in [1.807, 2.05) is 39.0 Å². The molecule has 3 aromatic rings. The van der Waals surface area contributed by atoms with Gasteiger partial charge in [-0.25, -0.2) is 9.48 Å². The third kappa shape index (κ3) is 4.68. The van der Waals surface area contributed by atoms with Crippen LogP contribution in [0, 0.1) is 13.8 Å². The molecule has 29 heavy (non-hydrogen) atoms. The van der Waals surface area contributed by atoms with Gasteiger partial charge < -0.3 is 10.1 Å². The quantitative estimate of drug-likeness (QED) is 0.650. The van der Waals surface area contributed by atoms with Crippen LogP contribution < -0.4 is 10.9 Å². The molecule has 0 spiro atoms. The maximum absolute atomic E-state index is 12.6. The summed E-state index contributed by atoms with van der Waals surface area (Å²) < 4.78 is 6.43. The van der Waals surface area contributed by atoms with E-state index in [2.05, 4.69) is 10.4 Å². The Morgan fingerprint density at radius 3 is 2.38 bits per heavy atom. The highest BCUT2D eigenvalue weighted by Crippen LogP contribution is 2.15. The van der Waals surface area contributed by atoms with E-state index in [4.69, 9.17) is 4.74 Å². The normalized spacial score (nSPS) is 10.7. The lowest BCUT2D eigenvalue weighted by Gasteiger charge is -2.11. The van der Waals surface area contributed by atoms with Gasteiger partial charge in [0.05, 0.1) is 5.39 Å². The van der Waals surface area contributed by atoms with Crippen molar-refractivity contribution in [1.29, 1.82) is 0 Å². The third-order valence-corrected chi connectivity index (χ3v) is 4.34. The van der Waals surface area contributed by atoms with Crippen LogP contribution in [0.15, 0.2) is 47.3 Å². The largest absolute Gasteiger partial charge is 0.451 e. The number of carbonyl (C=O) groups is 2. The van der Waals surface area contributed by atoms with Crippen molar-refractivity contribution < 1.29 is 14.3 Å². The van der Waals surface area contributed by atoms with E-state index in [-0.39, 0.29) is 11.3 Å². The number of esters is 1. The zero-order chi connectivity index (χ0) is 21.0. The minimum atomic E-state index is -0.748. The summed E-state index contributed by atoms with van der Waals surface area (Å²) in [4.78, 5) is 37.3. The Bertz CT molecular complexity index is 1110. The van der Waals surface area contributed by atoms with Crippen molar-refractivity contribution in [3.63, 3.8) is 0 Å². The Morgan fingerprint density at radius 2 is 1.72 bits per heavy atom. The Labute approximate surface area is 168 Å². The number of rotatable bonds is 6. The van der Waals surface area contributed by atoms with Crippen molar-refractivity contribution in [2.45, 2.75) is 33.7 Å². The second kappa shape index (κ2) is 8.68. The lowest BCUT2D eigenvalue weighted by molar-refractivity contribution is -0.119. The lowest BCUT2D eigenvalue weighted by Crippen LogP contribution is -2.27. The average molecular weight is 393 g/mol. The number of nitrogens with one attached hydrogen (secondary N) is 1. The van der Waals surface area contributed by atoms with E-state index < -0.39 is 18.5 Å². The number of carbonyl (C=O) groups excluding carboxylic acids is 2. The summed E-state index contributed by atoms with van der Waals surface area (Å²) >= 11 is 0. The number of aromatic nitrogens is 2. The SMILES string of the molecule is CCCn1nc(C(=O)OCC(=O)Nc2cc(C)cc(C)c2)c2ccccc2c1=O. The van der Waals surface area contributed by atoms with Crippen molar-refractivity contribution in [1.82, 2.24) is 9.78 Å². The van der Waals surface area contributed by atoms with Gasteiger partial charge in [0, 0.05) is 17.6 Å². The molecule has 1 aromatic heterocycles. The molecule has 1 N–H and O–H groups in total. The first-order chi connectivity index (χ1) is 13.9. The van der Waals surface area contributed by atoms with Crippen LogP contribution >= 0.6 is 0 Å². The predicted octanol–water partition coefficient (Wildman–Crippen LogP) is 3.22. The van der Waals surface area contributed by atoms with Crippen LogP contribution in [0.5, 0.6) is 0 Å². The number of aryl methyl sites for hydroxylation is 3. The molecule has 0 saturated heterocycles. The van der Waals surface area contributed by atoms with Gasteiger partial charge in [-0.3, -0.25) is 9.59 Å². The van der Waals surface area contributed by atoms with Gasteiger partial charge in [-0.2, -0.15) is 5.10 Å². The second-order valence-electron chi connectivity index (χ2n) is 6.92. The monoisotopic (exact) mass is 393 g/mol. The van der Waals surface area contributed by atoms with E-state index in [9.17, 15) is 14.4 Å². The average Bonchev–Trinajstić information content (AvgIpc) is 2.67. The van der Waals surface area contributed by atoms with Gasteiger partial charge in [0.15, 0.2) is 12.3 Å². The summed E-state index contributed by atoms with van der Waals surface area (Å²) in [5, 5.41) is 7.69. The van der Waals surface area contributed by atoms with Crippen molar-refractivity contribution in [3.8, 4) is 0 Å². The molecule has 7 heteroatoms. The molecule has 0 unspecified atom stereocenters. The van der Waals surface area contributed by atoms with Crippen LogP contribution in [-0.2, 0) is 16.1 Å². The smallest absolute Gasteiger partial charge is 0.359 e. The molecule has 0 atom stereocenters. The topological polar surface area (TPSA) is 90.3 Å². The van der Waals surface area contributed by atoms with Gasteiger partial charge in [0.2, 0.25) is 0 Å². The molecule has 150 valence electrons. The van der Waals surface area contributed by atoms with Gasteiger partial charge in [0.1, 0.15) is 0 Å². The van der Waals surface area contributed by atoms with Crippen molar-refractivity contribution in [2.75, 3.05) is 11.9 Å². The molecule has 0 bridgehead atoms. The maximum Gasteiger partial charge on any atom is 0.359 e. The number of ether oxygens (including phenoxy) is 1. The van der Waals surface area contributed by atoms with Crippen LogP contribution in [0.25, 0.3) is 10.8 Å².